The van der Waals surface area contributed by atoms with Crippen molar-refractivity contribution in [3.8, 4) is 11.1 Å². The molecule has 0 aliphatic heterocycles. The molecule has 6 aromatic rings. The van der Waals surface area contributed by atoms with Crippen LogP contribution < -0.4 is 0 Å². The number of fused-ring (bicyclic) bond motifs is 3. The summed E-state index contributed by atoms with van der Waals surface area (Å²) in [6.45, 7) is 13.7. The van der Waals surface area contributed by atoms with E-state index in [0.29, 0.717) is 28.0 Å². The van der Waals surface area contributed by atoms with Crippen LogP contribution in [0.5, 0.6) is 0 Å². The zero-order valence-corrected chi connectivity index (χ0v) is 35.9. The SMILES string of the molecule is CCCCC1(CCCC)c2cc([SH](c3ccc(C)c(F)c3)c3ccc(C)c(F)c3)ccc2-c2ccc(S(CC)(c3ccc(C)c(F)c3)c3ccc(C)c(F)c3)cc21. The highest BCUT2D eigenvalue weighted by atomic mass is 32.3. The zero-order valence-electron chi connectivity index (χ0n) is 34.2. The van der Waals surface area contributed by atoms with Gasteiger partial charge in [-0.25, -0.2) is 17.6 Å². The Bertz CT molecular complexity index is 2340. The van der Waals surface area contributed by atoms with E-state index < -0.39 is 20.9 Å². The van der Waals surface area contributed by atoms with Crippen LogP contribution in [0.4, 0.5) is 17.6 Å². The van der Waals surface area contributed by atoms with Gasteiger partial charge in [0.2, 0.25) is 0 Å². The van der Waals surface area contributed by atoms with Gasteiger partial charge in [-0.15, -0.1) is 0 Å². The van der Waals surface area contributed by atoms with E-state index in [1.807, 2.05) is 48.5 Å². The molecule has 0 bridgehead atoms. The minimum atomic E-state index is -2.11. The van der Waals surface area contributed by atoms with Crippen molar-refractivity contribution in [2.24, 2.45) is 0 Å². The van der Waals surface area contributed by atoms with Crippen LogP contribution in [0.1, 0.15) is 92.7 Å². The fraction of sp³-hybridized carbons (Fsp3) is 0.294. The lowest BCUT2D eigenvalue weighted by Gasteiger charge is -2.42. The molecule has 6 aromatic carbocycles. The second kappa shape index (κ2) is 16.5. The summed E-state index contributed by atoms with van der Waals surface area (Å²) in [5, 5.41) is 0. The molecular weight excluding hydrogens is 753 g/mol. The molecule has 6 heteroatoms. The lowest BCUT2D eigenvalue weighted by atomic mass is 9.71. The minimum absolute atomic E-state index is 0.259. The van der Waals surface area contributed by atoms with Gasteiger partial charge in [-0.05, 0) is 183 Å². The van der Waals surface area contributed by atoms with Crippen LogP contribution in [0.25, 0.3) is 11.1 Å². The predicted octanol–water partition coefficient (Wildman–Crippen LogP) is 15.9. The van der Waals surface area contributed by atoms with Crippen molar-refractivity contribution in [2.75, 3.05) is 5.75 Å². The Morgan fingerprint density at radius 2 is 0.825 bits per heavy atom. The Morgan fingerprint density at radius 3 is 1.26 bits per heavy atom. The molecule has 0 heterocycles. The van der Waals surface area contributed by atoms with Crippen LogP contribution in [-0.4, -0.2) is 5.75 Å². The van der Waals surface area contributed by atoms with Crippen molar-refractivity contribution in [3.05, 3.63) is 166 Å². The summed E-state index contributed by atoms with van der Waals surface area (Å²) >= 11 is 0. The van der Waals surface area contributed by atoms with Gasteiger partial charge in [-0.2, -0.15) is 20.9 Å². The van der Waals surface area contributed by atoms with Gasteiger partial charge in [-0.1, -0.05) is 82.9 Å². The first-order valence-electron chi connectivity index (χ1n) is 20.3. The molecule has 1 aliphatic carbocycles. The molecule has 0 nitrogen and oxygen atoms in total. The van der Waals surface area contributed by atoms with Crippen molar-refractivity contribution >= 4 is 20.9 Å². The Morgan fingerprint density at radius 1 is 0.456 bits per heavy atom. The number of hydrogen-bond acceptors (Lipinski definition) is 0. The highest BCUT2D eigenvalue weighted by Gasteiger charge is 2.44. The Labute approximate surface area is 341 Å². The number of rotatable bonds is 13. The smallest absolute Gasteiger partial charge is 0.127 e. The standard InChI is InChI=1S/C51H54F4S2/c1-8-11-25-51(26-12-9-2)45-27-37(56(38-17-13-33(4)47(52)28-38)39-18-14-34(5)48(53)29-39)19-23-43(45)44-24-22-40(30-46(44)51)57(10-3,41-20-15-35(6)49(54)31-41)42-21-16-36(7)50(55)32-42/h13-24,27-32,56H,8-12,25-26H2,1-7H3. The van der Waals surface area contributed by atoms with E-state index in [2.05, 4.69) is 57.2 Å². The van der Waals surface area contributed by atoms with Crippen LogP contribution in [-0.2, 0) is 5.41 Å². The monoisotopic (exact) mass is 806 g/mol. The van der Waals surface area contributed by atoms with Gasteiger partial charge in [-0.3, -0.25) is 0 Å². The van der Waals surface area contributed by atoms with E-state index in [0.717, 1.165) is 67.9 Å². The number of thiol groups is 1. The van der Waals surface area contributed by atoms with E-state index >= 15 is 17.6 Å². The van der Waals surface area contributed by atoms with E-state index in [-0.39, 0.29) is 28.7 Å². The van der Waals surface area contributed by atoms with Crippen molar-refractivity contribution in [1.29, 1.82) is 0 Å². The van der Waals surface area contributed by atoms with Gasteiger partial charge >= 0.3 is 0 Å². The molecule has 0 saturated carbocycles. The number of aryl methyl sites for hydroxylation is 4. The lowest BCUT2D eigenvalue weighted by Crippen LogP contribution is -2.26. The molecule has 0 saturated heterocycles. The summed E-state index contributed by atoms with van der Waals surface area (Å²) in [7, 11) is -3.41. The molecule has 0 amide bonds. The average Bonchev–Trinajstić information content (AvgIpc) is 3.47. The molecule has 0 spiro atoms. The number of benzene rings is 6. The average molecular weight is 807 g/mol. The Hall–Kier alpha value is -4.26. The van der Waals surface area contributed by atoms with E-state index in [9.17, 15) is 0 Å². The van der Waals surface area contributed by atoms with Crippen molar-refractivity contribution in [3.63, 3.8) is 0 Å². The molecule has 0 aromatic heterocycles. The highest BCUT2D eigenvalue weighted by Crippen LogP contribution is 2.70. The van der Waals surface area contributed by atoms with Gasteiger partial charge in [0.05, 0.1) is 0 Å². The molecule has 0 unspecified atom stereocenters. The maximum atomic E-state index is 15.6. The van der Waals surface area contributed by atoms with Crippen LogP contribution >= 0.6 is 20.9 Å². The van der Waals surface area contributed by atoms with Crippen molar-refractivity contribution < 1.29 is 17.6 Å². The first-order valence-corrected chi connectivity index (χ1v) is 23.5. The number of unbranched alkanes of at least 4 members (excludes halogenated alkanes) is 2. The third-order valence-electron chi connectivity index (χ3n) is 12.2. The third kappa shape index (κ3) is 7.26. The summed E-state index contributed by atoms with van der Waals surface area (Å²) in [5.74, 6) is -0.374. The maximum absolute atomic E-state index is 15.6. The van der Waals surface area contributed by atoms with Gasteiger partial charge in [0.15, 0.2) is 0 Å². The summed E-state index contributed by atoms with van der Waals surface area (Å²) in [5.41, 5.74) is 6.91. The second-order valence-electron chi connectivity index (χ2n) is 15.8. The Balaban J connectivity index is 1.49. The molecule has 0 fully saturated rings. The first-order chi connectivity index (χ1) is 27.4. The van der Waals surface area contributed by atoms with Gasteiger partial charge < -0.3 is 0 Å². The minimum Gasteiger partial charge on any atom is -0.207 e. The fourth-order valence-electron chi connectivity index (χ4n) is 8.82. The molecule has 7 rings (SSSR count). The van der Waals surface area contributed by atoms with Crippen LogP contribution in [0.2, 0.25) is 0 Å². The quantitative estimate of drug-likeness (QED) is 0.0872. The van der Waals surface area contributed by atoms with Crippen LogP contribution in [0.3, 0.4) is 0 Å². The first kappa shape index (κ1) is 40.9. The van der Waals surface area contributed by atoms with Gasteiger partial charge in [0, 0.05) is 15.2 Å². The lowest BCUT2D eigenvalue weighted by molar-refractivity contribution is 0.413. The van der Waals surface area contributed by atoms with Crippen molar-refractivity contribution in [2.45, 2.75) is 122 Å². The van der Waals surface area contributed by atoms with Crippen LogP contribution in [0, 0.1) is 51.0 Å². The third-order valence-corrected chi connectivity index (χ3v) is 18.7. The van der Waals surface area contributed by atoms with Crippen LogP contribution in [0.15, 0.2) is 139 Å². The highest BCUT2D eigenvalue weighted by molar-refractivity contribution is 8.33. The van der Waals surface area contributed by atoms with Gasteiger partial charge in [0.1, 0.15) is 23.3 Å². The topological polar surface area (TPSA) is 0 Å². The molecule has 57 heavy (non-hydrogen) atoms. The summed E-state index contributed by atoms with van der Waals surface area (Å²) in [6, 6.07) is 35.6. The second-order valence-corrected chi connectivity index (χ2v) is 21.5. The molecular formula is C51H54F4S2. The molecule has 0 atom stereocenters. The fourth-order valence-corrected chi connectivity index (χ4v) is 14.8. The molecule has 0 radical (unpaired) electrons. The number of hydrogen-bond donors (Lipinski definition) is 1. The summed E-state index contributed by atoms with van der Waals surface area (Å²) in [4.78, 5) is 5.58. The van der Waals surface area contributed by atoms with E-state index in [1.54, 1.807) is 52.0 Å². The normalized spacial score (nSPS) is 13.7. The van der Waals surface area contributed by atoms with Gasteiger partial charge in [0.25, 0.3) is 0 Å². The molecule has 0 N–H and O–H groups in total. The summed E-state index contributed by atoms with van der Waals surface area (Å²) < 4.78 is 61.7. The molecule has 1 aliphatic rings. The van der Waals surface area contributed by atoms with E-state index in [4.69, 9.17) is 0 Å². The van der Waals surface area contributed by atoms with E-state index in [1.165, 1.54) is 22.3 Å². The zero-order chi connectivity index (χ0) is 40.6. The number of halogens is 4. The maximum Gasteiger partial charge on any atom is 0.127 e. The molecule has 298 valence electrons. The largest absolute Gasteiger partial charge is 0.207 e. The predicted molar refractivity (Wildman–Crippen MR) is 233 cm³/mol. The van der Waals surface area contributed by atoms with Crippen molar-refractivity contribution in [1.82, 2.24) is 0 Å². The summed E-state index contributed by atoms with van der Waals surface area (Å²) in [6.07, 6.45) is 6.00. The Kier molecular flexibility index (Phi) is 11.9.